The number of nitrogens with one attached hydrogen (secondary N) is 1. The zero-order valence-corrected chi connectivity index (χ0v) is 14.6. The normalized spacial score (nSPS) is 12.3. The molecule has 3 rings (SSSR count). The first-order chi connectivity index (χ1) is 12.0. The molecule has 2 aromatic heterocycles. The number of aromatic nitrogens is 4. The highest BCUT2D eigenvalue weighted by Gasteiger charge is 2.13. The molecule has 1 atom stereocenters. The Morgan fingerprint density at radius 2 is 2.16 bits per heavy atom. The van der Waals surface area contributed by atoms with Gasteiger partial charge in [-0.2, -0.15) is 5.10 Å². The number of amides is 1. The Morgan fingerprint density at radius 1 is 1.36 bits per heavy atom. The van der Waals surface area contributed by atoms with E-state index in [0.717, 1.165) is 5.52 Å². The Bertz CT molecular complexity index is 960. The highest BCUT2D eigenvalue weighted by molar-refractivity contribution is 5.97. The second-order valence-corrected chi connectivity index (χ2v) is 6.05. The van der Waals surface area contributed by atoms with Gasteiger partial charge < -0.3 is 9.88 Å². The third-order valence-electron chi connectivity index (χ3n) is 4.09. The van der Waals surface area contributed by atoms with Crippen LogP contribution < -0.4 is 10.9 Å². The first-order valence-corrected chi connectivity index (χ1v) is 8.29. The lowest BCUT2D eigenvalue weighted by atomic mass is 10.1. The molecule has 1 unspecified atom stereocenters. The number of carbonyl (C=O) groups is 1. The quantitative estimate of drug-likeness (QED) is 0.768. The average Bonchev–Trinajstić information content (AvgIpc) is 3.08. The summed E-state index contributed by atoms with van der Waals surface area (Å²) in [6.07, 6.45) is 3.56. The Balaban J connectivity index is 1.84. The minimum Gasteiger partial charge on any atom is -0.348 e. The molecule has 0 saturated heterocycles. The molecule has 7 heteroatoms. The number of aryl methyl sites for hydroxylation is 2. The van der Waals surface area contributed by atoms with Crippen molar-refractivity contribution in [2.24, 2.45) is 0 Å². The fourth-order valence-electron chi connectivity index (χ4n) is 2.87. The van der Waals surface area contributed by atoms with Gasteiger partial charge in [-0.05, 0) is 45.0 Å². The van der Waals surface area contributed by atoms with Crippen LogP contribution in [0.4, 0.5) is 0 Å². The van der Waals surface area contributed by atoms with E-state index in [4.69, 9.17) is 0 Å². The van der Waals surface area contributed by atoms with Gasteiger partial charge in [-0.3, -0.25) is 14.3 Å². The summed E-state index contributed by atoms with van der Waals surface area (Å²) in [6, 6.07) is 7.01. The van der Waals surface area contributed by atoms with Crippen molar-refractivity contribution in [2.75, 3.05) is 0 Å². The lowest BCUT2D eigenvalue weighted by Gasteiger charge is -2.15. The first kappa shape index (κ1) is 16.9. The summed E-state index contributed by atoms with van der Waals surface area (Å²) < 4.78 is 3.44. The minimum absolute atomic E-state index is 0.0672. The van der Waals surface area contributed by atoms with Crippen LogP contribution in [0.15, 0.2) is 41.5 Å². The molecule has 25 heavy (non-hydrogen) atoms. The summed E-state index contributed by atoms with van der Waals surface area (Å²) in [5.74, 6) is -0.171. The van der Waals surface area contributed by atoms with E-state index in [1.807, 2.05) is 26.1 Å². The Kier molecular flexibility index (Phi) is 4.65. The molecule has 0 spiro atoms. The fraction of sp³-hybridized carbons (Fsp3) is 0.333. The molecule has 1 aromatic carbocycles. The second-order valence-electron chi connectivity index (χ2n) is 6.05. The maximum absolute atomic E-state index is 12.5. The Hall–Kier alpha value is -2.96. The van der Waals surface area contributed by atoms with Crippen molar-refractivity contribution in [2.45, 2.75) is 39.9 Å². The molecule has 0 radical (unpaired) electrons. The summed E-state index contributed by atoms with van der Waals surface area (Å²) >= 11 is 0. The summed E-state index contributed by atoms with van der Waals surface area (Å²) in [6.45, 7) is 6.69. The van der Waals surface area contributed by atoms with Gasteiger partial charge in [0.05, 0.1) is 17.6 Å². The molecule has 0 aliphatic heterocycles. The van der Waals surface area contributed by atoms with Crippen LogP contribution in [0.1, 0.15) is 29.9 Å². The van der Waals surface area contributed by atoms with Gasteiger partial charge in [-0.1, -0.05) is 0 Å². The van der Waals surface area contributed by atoms with Crippen LogP contribution in [0.5, 0.6) is 0 Å². The van der Waals surface area contributed by atoms with Gasteiger partial charge in [0.1, 0.15) is 5.69 Å². The lowest BCUT2D eigenvalue weighted by molar-refractivity contribution is 0.0936. The van der Waals surface area contributed by atoms with Gasteiger partial charge in [0.25, 0.3) is 11.5 Å². The summed E-state index contributed by atoms with van der Waals surface area (Å²) in [5, 5.41) is 7.09. The van der Waals surface area contributed by atoms with Crippen LogP contribution in [0.25, 0.3) is 11.0 Å². The predicted octanol–water partition coefficient (Wildman–Crippen LogP) is 1.74. The fourth-order valence-corrected chi connectivity index (χ4v) is 2.87. The van der Waals surface area contributed by atoms with E-state index in [-0.39, 0.29) is 17.5 Å². The molecule has 2 heterocycles. The number of hydrogen-bond acceptors (Lipinski definition) is 4. The number of carbonyl (C=O) groups excluding carboxylic acids is 1. The molecular formula is C18H21N5O2. The van der Waals surface area contributed by atoms with Crippen LogP contribution in [-0.4, -0.2) is 31.3 Å². The monoisotopic (exact) mass is 339 g/mol. The molecule has 7 nitrogen and oxygen atoms in total. The predicted molar refractivity (Wildman–Crippen MR) is 95.6 cm³/mol. The van der Waals surface area contributed by atoms with Gasteiger partial charge in [0.15, 0.2) is 0 Å². The van der Waals surface area contributed by atoms with Crippen molar-refractivity contribution in [1.29, 1.82) is 0 Å². The first-order valence-electron chi connectivity index (χ1n) is 8.29. The van der Waals surface area contributed by atoms with Crippen LogP contribution in [0, 0.1) is 6.92 Å². The summed E-state index contributed by atoms with van der Waals surface area (Å²) in [7, 11) is 0. The molecule has 0 aliphatic carbocycles. The zero-order chi connectivity index (χ0) is 18.0. The maximum atomic E-state index is 12.5. The Morgan fingerprint density at radius 3 is 2.84 bits per heavy atom. The molecule has 130 valence electrons. The smallest absolute Gasteiger partial charge is 0.272 e. The van der Waals surface area contributed by atoms with Crippen molar-refractivity contribution in [3.8, 4) is 0 Å². The zero-order valence-electron chi connectivity index (χ0n) is 14.6. The Labute approximate surface area is 145 Å². The summed E-state index contributed by atoms with van der Waals surface area (Å²) in [4.78, 5) is 29.0. The second kappa shape index (κ2) is 6.88. The highest BCUT2D eigenvalue weighted by atomic mass is 16.1. The van der Waals surface area contributed by atoms with Crippen molar-refractivity contribution in [3.05, 3.63) is 58.3 Å². The van der Waals surface area contributed by atoms with Gasteiger partial charge in [-0.15, -0.1) is 0 Å². The van der Waals surface area contributed by atoms with E-state index in [0.29, 0.717) is 29.9 Å². The van der Waals surface area contributed by atoms with Crippen molar-refractivity contribution < 1.29 is 4.79 Å². The van der Waals surface area contributed by atoms with Crippen LogP contribution in [-0.2, 0) is 13.1 Å². The van der Waals surface area contributed by atoms with E-state index >= 15 is 0 Å². The highest BCUT2D eigenvalue weighted by Crippen LogP contribution is 2.13. The van der Waals surface area contributed by atoms with Crippen molar-refractivity contribution in [1.82, 2.24) is 24.6 Å². The number of benzene rings is 1. The number of fused-ring (bicyclic) bond motifs is 1. The molecule has 0 bridgehead atoms. The molecule has 1 N–H and O–H groups in total. The van der Waals surface area contributed by atoms with Crippen LogP contribution in [0.3, 0.4) is 0 Å². The number of rotatable bonds is 5. The van der Waals surface area contributed by atoms with E-state index in [1.54, 1.807) is 40.6 Å². The average molecular weight is 339 g/mol. The molecule has 0 fully saturated rings. The topological polar surface area (TPSA) is 81.8 Å². The van der Waals surface area contributed by atoms with Crippen molar-refractivity contribution >= 4 is 16.9 Å². The van der Waals surface area contributed by atoms with Crippen LogP contribution in [0.2, 0.25) is 0 Å². The largest absolute Gasteiger partial charge is 0.348 e. The third kappa shape index (κ3) is 3.45. The van der Waals surface area contributed by atoms with Gasteiger partial charge >= 0.3 is 0 Å². The molecule has 3 aromatic rings. The minimum atomic E-state index is -0.171. The number of hydrogen-bond donors (Lipinski definition) is 1. The molecule has 0 aliphatic rings. The van der Waals surface area contributed by atoms with E-state index in [1.165, 1.54) is 0 Å². The van der Waals surface area contributed by atoms with E-state index in [9.17, 15) is 9.59 Å². The van der Waals surface area contributed by atoms with Crippen LogP contribution >= 0.6 is 0 Å². The van der Waals surface area contributed by atoms with Gasteiger partial charge in [-0.25, -0.2) is 4.98 Å². The standard InChI is InChI=1S/C18H21N5O2/c1-4-23-16-7-6-14(10-15(16)21-13(3)18(23)25)17(24)20-12(2)11-22-9-5-8-19-22/h5-10,12H,4,11H2,1-3H3,(H,20,24). The van der Waals surface area contributed by atoms with Crippen molar-refractivity contribution in [3.63, 3.8) is 0 Å². The molecule has 0 saturated carbocycles. The lowest BCUT2D eigenvalue weighted by Crippen LogP contribution is -2.35. The summed E-state index contributed by atoms with van der Waals surface area (Å²) in [5.41, 5.74) is 2.23. The van der Waals surface area contributed by atoms with Gasteiger partial charge in [0, 0.05) is 30.5 Å². The number of nitrogens with zero attached hydrogens (tertiary/aromatic N) is 4. The van der Waals surface area contributed by atoms with Gasteiger partial charge in [0.2, 0.25) is 0 Å². The van der Waals surface area contributed by atoms with E-state index < -0.39 is 0 Å². The SMILES string of the molecule is CCn1c(=O)c(C)nc2cc(C(=O)NC(C)Cn3cccn3)ccc21. The maximum Gasteiger partial charge on any atom is 0.272 e. The third-order valence-corrected chi connectivity index (χ3v) is 4.09. The van der Waals surface area contributed by atoms with E-state index in [2.05, 4.69) is 15.4 Å². The molecule has 1 amide bonds. The molecular weight excluding hydrogens is 318 g/mol.